The van der Waals surface area contributed by atoms with Crippen LogP contribution in [-0.2, 0) is 0 Å². The highest BCUT2D eigenvalue weighted by Crippen LogP contribution is 2.31. The molecule has 0 unspecified atom stereocenters. The minimum atomic E-state index is 0.0783. The molecule has 0 amide bonds. The van der Waals surface area contributed by atoms with Gasteiger partial charge in [0.05, 0.1) is 25.5 Å². The van der Waals surface area contributed by atoms with Gasteiger partial charge in [-0.2, -0.15) is 0 Å². The average Bonchev–Trinajstić information content (AvgIpc) is 2.44. The maximum Gasteiger partial charge on any atom is 0.0989 e. The number of hydrogen-bond donors (Lipinski definition) is 0. The van der Waals surface area contributed by atoms with Crippen molar-refractivity contribution in [2.75, 3.05) is 58.6 Å². The summed E-state index contributed by atoms with van der Waals surface area (Å²) in [4.78, 5) is 14.6. The second kappa shape index (κ2) is 4.80. The molecule has 0 radical (unpaired) electrons. The highest BCUT2D eigenvalue weighted by molar-refractivity contribution is 5.80. The third kappa shape index (κ3) is 2.46. The van der Waals surface area contributed by atoms with Crippen LogP contribution in [0.1, 0.15) is 5.56 Å². The van der Waals surface area contributed by atoms with Gasteiger partial charge in [-0.25, -0.2) is 0 Å². The van der Waals surface area contributed by atoms with Gasteiger partial charge in [0, 0.05) is 45.6 Å². The molecule has 0 spiro atoms. The van der Waals surface area contributed by atoms with Gasteiger partial charge in [0.25, 0.3) is 0 Å². The molecule has 4 aliphatic heterocycles. The zero-order valence-electron chi connectivity index (χ0n) is 12.9. The van der Waals surface area contributed by atoms with Crippen LogP contribution >= 0.6 is 0 Å². The summed E-state index contributed by atoms with van der Waals surface area (Å²) >= 11 is 0. The third-order valence-corrected chi connectivity index (χ3v) is 4.65. The molecule has 0 aromatic heterocycles. The van der Waals surface area contributed by atoms with Crippen molar-refractivity contribution in [1.82, 2.24) is 14.7 Å². The van der Waals surface area contributed by atoms with E-state index in [0.29, 0.717) is 0 Å². The summed E-state index contributed by atoms with van der Waals surface area (Å²) in [6.07, 6.45) is 2.07. The maximum absolute atomic E-state index is 5.00. The van der Waals surface area contributed by atoms with Gasteiger partial charge in [-0.15, -0.1) is 0 Å². The summed E-state index contributed by atoms with van der Waals surface area (Å²) in [6, 6.07) is 8.61. The quantitative estimate of drug-likeness (QED) is 0.765. The van der Waals surface area contributed by atoms with Gasteiger partial charge in [0.1, 0.15) is 0 Å². The molecular weight excluding hydrogens is 262 g/mol. The lowest BCUT2D eigenvalue weighted by Crippen LogP contribution is -2.75. The molecule has 4 bridgehead atoms. The minimum Gasteiger partial charge on any atom is -0.378 e. The molecule has 1 aromatic rings. The summed E-state index contributed by atoms with van der Waals surface area (Å²) in [6.45, 7) is 6.66. The fourth-order valence-electron chi connectivity index (χ4n) is 3.87. The van der Waals surface area contributed by atoms with Crippen LogP contribution in [-0.4, -0.2) is 80.2 Å². The Kier molecular flexibility index (Phi) is 3.03. The predicted molar refractivity (Wildman–Crippen MR) is 85.8 cm³/mol. The predicted octanol–water partition coefficient (Wildman–Crippen LogP) is 0.730. The smallest absolute Gasteiger partial charge is 0.0989 e. The van der Waals surface area contributed by atoms with Crippen molar-refractivity contribution in [3.63, 3.8) is 0 Å². The SMILES string of the molecule is CN(C)c1ccc(C=NC23CN4CN(CN(C4)C2)C3)cc1. The average molecular weight is 285 g/mol. The summed E-state index contributed by atoms with van der Waals surface area (Å²) in [5.74, 6) is 0. The Labute approximate surface area is 126 Å². The molecule has 4 saturated heterocycles. The van der Waals surface area contributed by atoms with Gasteiger partial charge in [-0.3, -0.25) is 19.7 Å². The number of aliphatic imine (C=N–C) groups is 1. The Morgan fingerprint density at radius 3 is 1.95 bits per heavy atom. The molecule has 0 atom stereocenters. The van der Waals surface area contributed by atoms with E-state index in [1.54, 1.807) is 0 Å². The molecular formula is C16H23N5. The molecule has 1 aromatic carbocycles. The molecule has 21 heavy (non-hydrogen) atoms. The molecule has 112 valence electrons. The molecule has 0 N–H and O–H groups in total. The summed E-state index contributed by atoms with van der Waals surface area (Å²) in [5.41, 5.74) is 2.50. The zero-order valence-corrected chi connectivity index (χ0v) is 12.9. The van der Waals surface area contributed by atoms with Crippen LogP contribution < -0.4 is 4.90 Å². The Morgan fingerprint density at radius 1 is 0.952 bits per heavy atom. The van der Waals surface area contributed by atoms with Crippen LogP contribution in [0.15, 0.2) is 29.3 Å². The first-order valence-electron chi connectivity index (χ1n) is 7.62. The normalized spacial score (nSPS) is 37.3. The van der Waals surface area contributed by atoms with Crippen molar-refractivity contribution >= 4 is 11.9 Å². The van der Waals surface area contributed by atoms with Gasteiger partial charge in [-0.05, 0) is 17.7 Å². The topological polar surface area (TPSA) is 25.3 Å². The Morgan fingerprint density at radius 2 is 1.48 bits per heavy atom. The van der Waals surface area contributed by atoms with Crippen LogP contribution in [0, 0.1) is 0 Å². The highest BCUT2D eigenvalue weighted by Gasteiger charge is 2.48. The fraction of sp³-hybridized carbons (Fsp3) is 0.562. The fourth-order valence-corrected chi connectivity index (χ4v) is 3.87. The van der Waals surface area contributed by atoms with E-state index in [0.717, 1.165) is 39.6 Å². The zero-order chi connectivity index (χ0) is 14.4. The number of hydrogen-bond acceptors (Lipinski definition) is 5. The van der Waals surface area contributed by atoms with E-state index in [2.05, 4.69) is 64.2 Å². The Bertz CT molecular complexity index is 513. The van der Waals surface area contributed by atoms with Crippen molar-refractivity contribution in [2.24, 2.45) is 4.99 Å². The number of benzene rings is 1. The maximum atomic E-state index is 5.00. The molecule has 0 aliphatic carbocycles. The van der Waals surface area contributed by atoms with Crippen LogP contribution in [0.2, 0.25) is 0 Å². The standard InChI is InChI=1S/C16H23N5/c1-18(2)15-5-3-14(4-6-15)7-17-16-8-19-11-20(9-16)13-21(10-16)12-19/h3-7H,8-13H2,1-2H3. The largest absolute Gasteiger partial charge is 0.378 e. The van der Waals surface area contributed by atoms with Gasteiger partial charge >= 0.3 is 0 Å². The van der Waals surface area contributed by atoms with Crippen LogP contribution in [0.5, 0.6) is 0 Å². The van der Waals surface area contributed by atoms with Crippen LogP contribution in [0.3, 0.4) is 0 Å². The minimum absolute atomic E-state index is 0.0783. The highest BCUT2D eigenvalue weighted by atomic mass is 15.6. The molecule has 0 saturated carbocycles. The summed E-state index contributed by atoms with van der Waals surface area (Å²) in [7, 11) is 4.13. The van der Waals surface area contributed by atoms with Crippen molar-refractivity contribution in [3.8, 4) is 0 Å². The molecule has 4 aliphatic rings. The monoisotopic (exact) mass is 285 g/mol. The lowest BCUT2D eigenvalue weighted by molar-refractivity contribution is -0.139. The lowest BCUT2D eigenvalue weighted by atomic mass is 9.91. The molecule has 4 fully saturated rings. The van der Waals surface area contributed by atoms with E-state index in [1.807, 2.05) is 0 Å². The summed E-state index contributed by atoms with van der Waals surface area (Å²) < 4.78 is 0. The second-order valence-corrected chi connectivity index (χ2v) is 6.88. The van der Waals surface area contributed by atoms with Gasteiger partial charge in [-0.1, -0.05) is 12.1 Å². The molecule has 5 rings (SSSR count). The Hall–Kier alpha value is -1.43. The summed E-state index contributed by atoms with van der Waals surface area (Å²) in [5, 5.41) is 0. The second-order valence-electron chi connectivity index (χ2n) is 6.88. The van der Waals surface area contributed by atoms with Crippen LogP contribution in [0.25, 0.3) is 0 Å². The first-order chi connectivity index (χ1) is 10.1. The lowest BCUT2D eigenvalue weighted by Gasteiger charge is -2.59. The van der Waals surface area contributed by atoms with E-state index in [1.165, 1.54) is 11.3 Å². The molecule has 4 heterocycles. The van der Waals surface area contributed by atoms with E-state index < -0.39 is 0 Å². The van der Waals surface area contributed by atoms with Crippen molar-refractivity contribution in [1.29, 1.82) is 0 Å². The first kappa shape index (κ1) is 13.2. The van der Waals surface area contributed by atoms with Gasteiger partial charge in [0.2, 0.25) is 0 Å². The van der Waals surface area contributed by atoms with Crippen molar-refractivity contribution in [2.45, 2.75) is 5.54 Å². The van der Waals surface area contributed by atoms with Crippen molar-refractivity contribution in [3.05, 3.63) is 29.8 Å². The van der Waals surface area contributed by atoms with E-state index in [9.17, 15) is 0 Å². The van der Waals surface area contributed by atoms with Gasteiger partial charge in [0.15, 0.2) is 0 Å². The first-order valence-corrected chi connectivity index (χ1v) is 7.62. The van der Waals surface area contributed by atoms with E-state index >= 15 is 0 Å². The van der Waals surface area contributed by atoms with E-state index in [4.69, 9.17) is 4.99 Å². The molecule has 5 heteroatoms. The van der Waals surface area contributed by atoms with E-state index in [-0.39, 0.29) is 5.54 Å². The Balaban J connectivity index is 1.52. The molecule has 5 nitrogen and oxygen atoms in total. The van der Waals surface area contributed by atoms with Crippen molar-refractivity contribution < 1.29 is 0 Å². The number of rotatable bonds is 3. The van der Waals surface area contributed by atoms with Gasteiger partial charge < -0.3 is 4.90 Å². The number of nitrogens with zero attached hydrogens (tertiary/aromatic N) is 5. The van der Waals surface area contributed by atoms with Crippen LogP contribution in [0.4, 0.5) is 5.69 Å². The number of anilines is 1. The third-order valence-electron chi connectivity index (χ3n) is 4.65.